The lowest BCUT2D eigenvalue weighted by Crippen LogP contribution is -2.78. The summed E-state index contributed by atoms with van der Waals surface area (Å²) in [5, 5.41) is 0. The van der Waals surface area contributed by atoms with Gasteiger partial charge in [0.15, 0.2) is 0 Å². The number of esters is 2. The van der Waals surface area contributed by atoms with Gasteiger partial charge in [0.2, 0.25) is 0 Å². The number of nitrogens with zero attached hydrogens (tertiary/aromatic N) is 2. The van der Waals surface area contributed by atoms with Crippen LogP contribution in [0.4, 0.5) is 0 Å². The van der Waals surface area contributed by atoms with Gasteiger partial charge in [-0.1, -0.05) is 94.7 Å². The molecule has 0 radical (unpaired) electrons. The highest BCUT2D eigenvalue weighted by atomic mass is 28.4. The zero-order chi connectivity index (χ0) is 29.9. The van der Waals surface area contributed by atoms with Crippen LogP contribution in [0, 0.1) is 0 Å². The largest absolute Gasteiger partial charge is 0.465 e. The molecule has 0 saturated heterocycles. The molecule has 0 aliphatic heterocycles. The standard InChI is InChI=1S/C28H64N2O4Si4/c1-15-23-33-27(31)25(29(35(9,10)11)36(12,13)14)26(28(32)34-24-16-2)30(37(17-3,18-4)19-5)38(20-6,21-7)22-8/h25-26H,15-24H2,1-14H3. The third kappa shape index (κ3) is 8.86. The molecule has 6 nitrogen and oxygen atoms in total. The van der Waals surface area contributed by atoms with E-state index in [2.05, 4.69) is 89.3 Å². The molecule has 226 valence electrons. The maximum absolute atomic E-state index is 14.5. The van der Waals surface area contributed by atoms with Gasteiger partial charge in [-0.15, -0.1) is 0 Å². The van der Waals surface area contributed by atoms with E-state index in [0.29, 0.717) is 13.2 Å². The van der Waals surface area contributed by atoms with Gasteiger partial charge < -0.3 is 17.9 Å². The Bertz CT molecular complexity index is 666. The fourth-order valence-corrected chi connectivity index (χ4v) is 30.6. The van der Waals surface area contributed by atoms with Gasteiger partial charge in [0.25, 0.3) is 0 Å². The molecule has 0 saturated carbocycles. The first kappa shape index (κ1) is 37.7. The average Bonchev–Trinajstić information content (AvgIpc) is 2.86. The lowest BCUT2D eigenvalue weighted by atomic mass is 10.1. The zero-order valence-corrected chi connectivity index (χ0v) is 31.8. The van der Waals surface area contributed by atoms with Crippen LogP contribution in [0.2, 0.25) is 75.5 Å². The van der Waals surface area contributed by atoms with Gasteiger partial charge in [0, 0.05) is 0 Å². The van der Waals surface area contributed by atoms with Gasteiger partial charge in [-0.2, -0.15) is 0 Å². The average molecular weight is 605 g/mol. The van der Waals surface area contributed by atoms with Crippen molar-refractivity contribution in [3.63, 3.8) is 0 Å². The van der Waals surface area contributed by atoms with Crippen LogP contribution in [0.15, 0.2) is 0 Å². The molecule has 0 aromatic rings. The number of rotatable bonds is 19. The Balaban J connectivity index is 7.93. The van der Waals surface area contributed by atoms with Crippen LogP contribution in [-0.2, 0) is 19.1 Å². The van der Waals surface area contributed by atoms with Gasteiger partial charge >= 0.3 is 11.9 Å². The van der Waals surface area contributed by atoms with E-state index in [1.165, 1.54) is 0 Å². The van der Waals surface area contributed by atoms with Crippen molar-refractivity contribution >= 4 is 44.9 Å². The summed E-state index contributed by atoms with van der Waals surface area (Å²) in [5.41, 5.74) is 0. The normalized spacial score (nSPS) is 15.1. The van der Waals surface area contributed by atoms with E-state index in [-0.39, 0.29) is 11.9 Å². The summed E-state index contributed by atoms with van der Waals surface area (Å²) >= 11 is 0. The number of hydrogen-bond donors (Lipinski definition) is 0. The van der Waals surface area contributed by atoms with Crippen molar-refractivity contribution in [2.24, 2.45) is 0 Å². The molecule has 0 N–H and O–H groups in total. The molecule has 10 heteroatoms. The predicted molar refractivity (Wildman–Crippen MR) is 175 cm³/mol. The number of carbonyl (C=O) groups is 2. The fourth-order valence-electron chi connectivity index (χ4n) is 6.78. The van der Waals surface area contributed by atoms with Crippen LogP contribution in [0.1, 0.15) is 68.2 Å². The van der Waals surface area contributed by atoms with Crippen LogP contribution >= 0.6 is 0 Å². The Morgan fingerprint density at radius 3 is 1.00 bits per heavy atom. The molecule has 0 aliphatic carbocycles. The third-order valence-electron chi connectivity index (χ3n) is 8.65. The lowest BCUT2D eigenvalue weighted by molar-refractivity contribution is -0.158. The van der Waals surface area contributed by atoms with Crippen molar-refractivity contribution < 1.29 is 19.1 Å². The molecule has 2 atom stereocenters. The molecule has 0 aromatic heterocycles. The Kier molecular flexibility index (Phi) is 16.1. The zero-order valence-electron chi connectivity index (χ0n) is 27.8. The topological polar surface area (TPSA) is 59.1 Å². The van der Waals surface area contributed by atoms with Crippen LogP contribution in [0.25, 0.3) is 0 Å². The molecular formula is C28H64N2O4Si4. The van der Waals surface area contributed by atoms with Crippen molar-refractivity contribution in [2.75, 3.05) is 13.2 Å². The molecular weight excluding hydrogens is 541 g/mol. The molecule has 0 aliphatic rings. The van der Waals surface area contributed by atoms with Crippen LogP contribution in [0.5, 0.6) is 0 Å². The number of carbonyl (C=O) groups excluding carboxylic acids is 2. The van der Waals surface area contributed by atoms with E-state index in [0.717, 1.165) is 49.1 Å². The van der Waals surface area contributed by atoms with E-state index < -0.39 is 45.0 Å². The maximum Gasteiger partial charge on any atom is 0.324 e. The minimum absolute atomic E-state index is 0.203. The van der Waals surface area contributed by atoms with Gasteiger partial charge in [-0.05, 0) is 49.1 Å². The van der Waals surface area contributed by atoms with E-state index in [4.69, 9.17) is 9.47 Å². The minimum atomic E-state index is -2.12. The summed E-state index contributed by atoms with van der Waals surface area (Å²) in [7, 11) is -8.37. The second-order valence-electron chi connectivity index (χ2n) is 12.9. The quantitative estimate of drug-likeness (QED) is 0.110. The molecule has 0 heterocycles. The fraction of sp³-hybridized carbons (Fsp3) is 0.929. The van der Waals surface area contributed by atoms with Gasteiger partial charge in [0.05, 0.1) is 13.2 Å². The summed E-state index contributed by atoms with van der Waals surface area (Å²) in [4.78, 5) is 28.8. The first-order chi connectivity index (χ1) is 17.6. The third-order valence-corrected chi connectivity index (χ3v) is 29.5. The maximum atomic E-state index is 14.5. The molecule has 2 unspecified atom stereocenters. The molecule has 0 spiro atoms. The number of hydrogen-bond acceptors (Lipinski definition) is 6. The minimum Gasteiger partial charge on any atom is -0.465 e. The summed E-state index contributed by atoms with van der Waals surface area (Å²) in [5.74, 6) is -0.427. The summed E-state index contributed by atoms with van der Waals surface area (Å²) in [6.45, 7) is 32.7. The number of ether oxygens (including phenoxy) is 2. The second kappa shape index (κ2) is 16.2. The van der Waals surface area contributed by atoms with Crippen molar-refractivity contribution in [1.82, 2.24) is 8.46 Å². The smallest absolute Gasteiger partial charge is 0.324 e. The molecule has 0 amide bonds. The molecule has 0 bridgehead atoms. The monoisotopic (exact) mass is 604 g/mol. The summed E-state index contributed by atoms with van der Waals surface area (Å²) < 4.78 is 17.4. The molecule has 0 rings (SSSR count). The van der Waals surface area contributed by atoms with Crippen molar-refractivity contribution in [3.8, 4) is 0 Å². The Morgan fingerprint density at radius 1 is 0.526 bits per heavy atom. The highest BCUT2D eigenvalue weighted by molar-refractivity contribution is 6.93. The van der Waals surface area contributed by atoms with Gasteiger partial charge in [0.1, 0.15) is 45.0 Å². The Labute approximate surface area is 241 Å². The highest BCUT2D eigenvalue weighted by Gasteiger charge is 2.58. The highest BCUT2D eigenvalue weighted by Crippen LogP contribution is 2.41. The van der Waals surface area contributed by atoms with E-state index >= 15 is 0 Å². The Morgan fingerprint density at radius 2 is 0.789 bits per heavy atom. The van der Waals surface area contributed by atoms with Crippen LogP contribution < -0.4 is 0 Å². The van der Waals surface area contributed by atoms with Crippen molar-refractivity contribution in [3.05, 3.63) is 0 Å². The van der Waals surface area contributed by atoms with Crippen molar-refractivity contribution in [1.29, 1.82) is 0 Å². The van der Waals surface area contributed by atoms with Gasteiger partial charge in [-0.3, -0.25) is 9.59 Å². The first-order valence-corrected chi connectivity index (χ1v) is 27.5. The van der Waals surface area contributed by atoms with E-state index in [1.54, 1.807) is 0 Å². The molecule has 0 fully saturated rings. The SMILES string of the molecule is CCCOC(=O)C(C(C(=O)OCCC)N([Si](CC)(CC)CC)[Si](CC)(CC)CC)N([Si](C)(C)C)[Si](C)(C)C. The predicted octanol–water partition coefficient (Wildman–Crippen LogP) is 7.91. The molecule has 0 aromatic carbocycles. The second-order valence-corrected chi connectivity index (χ2v) is 33.5. The molecule has 38 heavy (non-hydrogen) atoms. The van der Waals surface area contributed by atoms with E-state index in [1.807, 2.05) is 13.8 Å². The first-order valence-electron chi connectivity index (χ1n) is 15.5. The van der Waals surface area contributed by atoms with Crippen molar-refractivity contribution in [2.45, 2.75) is 156 Å². The van der Waals surface area contributed by atoms with Crippen LogP contribution in [0.3, 0.4) is 0 Å². The van der Waals surface area contributed by atoms with E-state index in [9.17, 15) is 9.59 Å². The van der Waals surface area contributed by atoms with Crippen LogP contribution in [-0.4, -0.2) is 78.6 Å². The lowest BCUT2D eigenvalue weighted by Gasteiger charge is -2.59. The van der Waals surface area contributed by atoms with Gasteiger partial charge in [-0.25, -0.2) is 0 Å². The summed E-state index contributed by atoms with van der Waals surface area (Å²) in [6.07, 6.45) is 1.53. The Hall–Kier alpha value is -0.272. The summed E-state index contributed by atoms with van der Waals surface area (Å²) in [6, 6.07) is 5.20.